The minimum Gasteiger partial charge on any atom is -0.508 e. The number of ether oxygens (including phenoxy) is 3. The third-order valence-electron chi connectivity index (χ3n) is 20.7. The minimum absolute atomic E-state index is 0.0120. The van der Waals surface area contributed by atoms with Crippen LogP contribution in [0.2, 0.25) is 0 Å². The molecule has 6 aliphatic rings. The maximum atomic E-state index is 15.5. The number of nitrogens with one attached hydrogen (secondary N) is 3. The molecule has 3 saturated carbocycles. The van der Waals surface area contributed by atoms with Crippen molar-refractivity contribution in [3.8, 4) is 51.8 Å². The molecule has 0 amide bonds. The van der Waals surface area contributed by atoms with Gasteiger partial charge in [-0.05, 0) is 183 Å². The fourth-order valence-electron chi connectivity index (χ4n) is 17.3. The topological polar surface area (TPSA) is 249 Å². The summed E-state index contributed by atoms with van der Waals surface area (Å²) in [5.41, 5.74) is 8.01. The zero-order valence-corrected chi connectivity index (χ0v) is 48.6. The smallest absolute Gasteiger partial charge is 0.318 e. The van der Waals surface area contributed by atoms with Crippen LogP contribution in [-0.4, -0.2) is 113 Å². The molecule has 16 nitrogen and oxygen atoms in total. The number of H-pyrrole nitrogens is 2. The number of nitrogens with zero attached hydrogens (tertiary/aromatic N) is 1. The van der Waals surface area contributed by atoms with Crippen LogP contribution in [0.4, 0.5) is 0 Å². The second-order valence-corrected chi connectivity index (χ2v) is 25.5. The molecule has 4 aliphatic carbocycles. The van der Waals surface area contributed by atoms with Crippen molar-refractivity contribution in [3.05, 3.63) is 131 Å². The van der Waals surface area contributed by atoms with E-state index in [0.717, 1.165) is 66.7 Å². The highest BCUT2D eigenvalue weighted by molar-refractivity contribution is 5.95. The van der Waals surface area contributed by atoms with E-state index in [1.54, 1.807) is 30.3 Å². The van der Waals surface area contributed by atoms with Gasteiger partial charge in [0.15, 0.2) is 23.0 Å². The van der Waals surface area contributed by atoms with Gasteiger partial charge in [0.05, 0.1) is 54.4 Å². The Kier molecular flexibility index (Phi) is 15.4. The summed E-state index contributed by atoms with van der Waals surface area (Å²) in [5.74, 6) is 4.43. The Morgan fingerprint density at radius 3 is 2.56 bits per heavy atom. The first-order chi connectivity index (χ1) is 41.7. The van der Waals surface area contributed by atoms with Crippen molar-refractivity contribution in [2.45, 2.75) is 139 Å². The number of fused-ring (bicyclic) bond motifs is 10. The zero-order valence-electron chi connectivity index (χ0n) is 48.6. The molecule has 86 heavy (non-hydrogen) atoms. The molecule has 2 bridgehead atoms. The molecule has 16 heteroatoms. The third kappa shape index (κ3) is 10.2. The number of ketones is 1. The highest BCUT2D eigenvalue weighted by Crippen LogP contribution is 2.70. The van der Waals surface area contributed by atoms with Crippen molar-refractivity contribution in [2.75, 3.05) is 20.3 Å². The van der Waals surface area contributed by atoms with E-state index >= 15 is 4.79 Å². The minimum atomic E-state index is -0.845. The quantitative estimate of drug-likeness (QED) is 0.0333. The molecule has 2 spiro atoms. The molecular weight excluding hydrogens is 1090 g/mol. The van der Waals surface area contributed by atoms with Crippen molar-refractivity contribution in [1.82, 2.24) is 19.9 Å². The number of esters is 1. The summed E-state index contributed by atoms with van der Waals surface area (Å²) in [5, 5.41) is 71.6. The van der Waals surface area contributed by atoms with Gasteiger partial charge in [-0.25, -0.2) is 0 Å². The molecule has 13 atom stereocenters. The maximum absolute atomic E-state index is 15.5. The highest BCUT2D eigenvalue weighted by Gasteiger charge is 2.67. The van der Waals surface area contributed by atoms with Crippen LogP contribution in [0.3, 0.4) is 0 Å². The van der Waals surface area contributed by atoms with Gasteiger partial charge in [-0.3, -0.25) is 9.59 Å². The fraction of sp³-hybridized carbons (Fsp3) is 0.443. The predicted octanol–water partition coefficient (Wildman–Crippen LogP) is 10.1. The number of aliphatic hydroxyl groups excluding tert-OH is 3. The first-order valence-corrected chi connectivity index (χ1v) is 30.7. The van der Waals surface area contributed by atoms with Gasteiger partial charge in [-0.1, -0.05) is 54.3 Å². The average Bonchev–Trinajstić information content (AvgIpc) is 1.52. The Balaban J connectivity index is 0.980. The number of hydrogen-bond donors (Lipinski definition) is 9. The van der Waals surface area contributed by atoms with Crippen LogP contribution in [0.1, 0.15) is 124 Å². The number of rotatable bonds is 11. The van der Waals surface area contributed by atoms with Crippen LogP contribution in [0, 0.1) is 46.8 Å². The van der Waals surface area contributed by atoms with Gasteiger partial charge in [-0.2, -0.15) is 0 Å². The zero-order chi connectivity index (χ0) is 59.6. The Morgan fingerprint density at radius 2 is 1.74 bits per heavy atom. The van der Waals surface area contributed by atoms with E-state index in [2.05, 4.69) is 56.0 Å². The number of piperidine rings is 1. The normalized spacial score (nSPS) is 29.5. The lowest BCUT2D eigenvalue weighted by Gasteiger charge is -2.59. The van der Waals surface area contributed by atoms with Crippen LogP contribution in [0.25, 0.3) is 38.8 Å². The number of aromatic hydroxyl groups is 3. The lowest BCUT2D eigenvalue weighted by Crippen LogP contribution is -2.61. The van der Waals surface area contributed by atoms with Gasteiger partial charge < -0.3 is 69.5 Å². The summed E-state index contributed by atoms with van der Waals surface area (Å²) >= 11 is 0. The molecule has 13 rings (SSSR count). The Labute approximate surface area is 499 Å². The number of carbonyl (C=O) groups is 3. The lowest BCUT2D eigenvalue weighted by atomic mass is 9.46. The van der Waals surface area contributed by atoms with E-state index < -0.39 is 47.1 Å². The van der Waals surface area contributed by atoms with E-state index in [1.165, 1.54) is 19.5 Å². The summed E-state index contributed by atoms with van der Waals surface area (Å²) in [6, 6.07) is 27.7. The molecule has 3 aromatic heterocycles. The SMILES string of the molecule is COc1cc2c(cc1O)C1=CC3CC4(CC5(CC4C=O)NC(C(C)O)CCC5n4c(-c5cccc(O)c5)cc5[nH]ccc54)C4CC(O)CCC4C3C2CC(=O)CC(CCc2ccc(O)c(OCCO)c2)OC(=O)CC#CCc2c1[nH]c1ccccc21. The number of methoxy groups -OCH3 is 1. The van der Waals surface area contributed by atoms with E-state index in [1.807, 2.05) is 49.5 Å². The second-order valence-electron chi connectivity index (χ2n) is 25.5. The number of Topliss-reactive ketones (excluding diaryl/α,β-unsaturated/α-hetero) is 1. The van der Waals surface area contributed by atoms with E-state index in [4.69, 9.17) is 14.2 Å². The number of allylic oxidation sites excluding steroid dienone is 1. The molecule has 2 aliphatic heterocycles. The van der Waals surface area contributed by atoms with Crippen molar-refractivity contribution < 1.29 is 59.2 Å². The van der Waals surface area contributed by atoms with Crippen molar-refractivity contribution in [2.24, 2.45) is 35.0 Å². The van der Waals surface area contributed by atoms with E-state index in [0.29, 0.717) is 57.8 Å². The van der Waals surface area contributed by atoms with Gasteiger partial charge in [-0.15, -0.1) is 0 Å². The number of aromatic nitrogens is 3. The summed E-state index contributed by atoms with van der Waals surface area (Å²) in [6.45, 7) is 1.58. The number of para-hydroxylation sites is 1. The molecule has 4 aromatic carbocycles. The van der Waals surface area contributed by atoms with Crippen molar-refractivity contribution in [1.29, 1.82) is 0 Å². The van der Waals surface area contributed by atoms with Gasteiger partial charge >= 0.3 is 5.97 Å². The lowest BCUT2D eigenvalue weighted by molar-refractivity contribution is -0.149. The van der Waals surface area contributed by atoms with Gasteiger partial charge in [0.25, 0.3) is 0 Å². The fourth-order valence-corrected chi connectivity index (χ4v) is 17.3. The molecule has 448 valence electrons. The monoisotopic (exact) mass is 1160 g/mol. The molecule has 0 radical (unpaired) electrons. The predicted molar refractivity (Wildman–Crippen MR) is 325 cm³/mol. The standard InChI is InChI=1S/C70H76N4O12/c1-39(77)56-19-21-65(74-59-22-23-71-58(59)34-60(74)41-8-7-9-44(78)27-41)70(73-56)36-43(37-76)69(38-70)35-42-28-54-51-32-62(82)63(84-2)33-52(51)53(67(42)50-18-16-45(79)31-55(50)69)30-46(80)29-47(17-14-40-15-20-61(81)64(26-40)85-25-24-75)86-66(83)13-6-4-11-49-48-10-3-5-12-57(48)72-68(49)54/h3,5,7-10,12,15,20,22-23,26-28,32-34,37,39,42-43,45,47,50,53,55-56,65,67,71-73,75,77-79,81-82H,11,13-14,16-19,21,24-25,29-31,35-36,38H2,1-2H3. The Morgan fingerprint density at radius 1 is 0.895 bits per heavy atom. The van der Waals surface area contributed by atoms with Crippen molar-refractivity contribution in [3.63, 3.8) is 0 Å². The number of phenols is 3. The Hall–Kier alpha value is -7.81. The maximum Gasteiger partial charge on any atom is 0.318 e. The molecule has 4 fully saturated rings. The molecule has 13 unspecified atom stereocenters. The molecule has 1 saturated heterocycles. The van der Waals surface area contributed by atoms with Crippen LogP contribution in [-0.2, 0) is 32.0 Å². The molecule has 9 N–H and O–H groups in total. The Bertz CT molecular complexity index is 3840. The van der Waals surface area contributed by atoms with E-state index in [-0.39, 0.29) is 116 Å². The number of aromatic amines is 2. The number of phenolic OH excluding ortho intramolecular Hbond substituents is 3. The van der Waals surface area contributed by atoms with Crippen LogP contribution >= 0.6 is 0 Å². The first-order valence-electron chi connectivity index (χ1n) is 30.7. The van der Waals surface area contributed by atoms with Gasteiger partial charge in [0, 0.05) is 65.0 Å². The highest BCUT2D eigenvalue weighted by atomic mass is 16.5. The number of aryl methyl sites for hydroxylation is 1. The molecule has 5 heterocycles. The third-order valence-corrected chi connectivity index (χ3v) is 20.7. The van der Waals surface area contributed by atoms with Crippen LogP contribution in [0.15, 0.2) is 103 Å². The second kappa shape index (κ2) is 23.1. The summed E-state index contributed by atoms with van der Waals surface area (Å²) in [6.07, 6.45) is 8.50. The number of aliphatic hydroxyl groups is 3. The van der Waals surface area contributed by atoms with Gasteiger partial charge in [0.2, 0.25) is 0 Å². The van der Waals surface area contributed by atoms with Crippen molar-refractivity contribution >= 4 is 45.5 Å². The average molecular weight is 1170 g/mol. The summed E-state index contributed by atoms with van der Waals surface area (Å²) in [4.78, 5) is 51.3. The molecule has 7 aromatic rings. The summed E-state index contributed by atoms with van der Waals surface area (Å²) < 4.78 is 20.2. The number of benzene rings is 4. The molecular formula is C70H76N4O12. The number of aldehydes is 1. The van der Waals surface area contributed by atoms with E-state index in [9.17, 15) is 40.2 Å². The van der Waals surface area contributed by atoms with Crippen LogP contribution in [0.5, 0.6) is 28.7 Å². The first kappa shape index (κ1) is 57.3. The largest absolute Gasteiger partial charge is 0.508 e. The van der Waals surface area contributed by atoms with Gasteiger partial charge in [0.1, 0.15) is 37.0 Å². The number of cyclic esters (lactones) is 1. The van der Waals surface area contributed by atoms with Crippen LogP contribution < -0.4 is 14.8 Å². The number of carbonyl (C=O) groups excluding carboxylic acids is 3. The summed E-state index contributed by atoms with van der Waals surface area (Å²) in [7, 11) is 1.52. The number of hydrogen-bond acceptors (Lipinski definition) is 13.